The van der Waals surface area contributed by atoms with Gasteiger partial charge in [-0.05, 0) is 115 Å². The van der Waals surface area contributed by atoms with E-state index in [-0.39, 0.29) is 0 Å². The Labute approximate surface area is 343 Å². The Hall–Kier alpha value is -7.68. The van der Waals surface area contributed by atoms with Crippen LogP contribution in [0.1, 0.15) is 5.56 Å². The van der Waals surface area contributed by atoms with Crippen LogP contribution in [0, 0.1) is 6.92 Å². The van der Waals surface area contributed by atoms with Gasteiger partial charge in [-0.2, -0.15) is 0 Å². The normalized spacial score (nSPS) is 11.5. The number of hydrogen-bond donors (Lipinski definition) is 0. The first-order valence-electron chi connectivity index (χ1n) is 20.2. The number of rotatable bonds is 7. The Morgan fingerprint density at radius 2 is 0.746 bits per heavy atom. The van der Waals surface area contributed by atoms with Gasteiger partial charge in [0, 0.05) is 33.4 Å². The molecule has 11 rings (SSSR count). The number of benzene rings is 10. The lowest BCUT2D eigenvalue weighted by Crippen LogP contribution is -2.09. The number of furan rings is 1. The van der Waals surface area contributed by atoms with E-state index in [1.54, 1.807) is 0 Å². The summed E-state index contributed by atoms with van der Waals surface area (Å²) in [5.74, 6) is 0. The van der Waals surface area contributed by atoms with Gasteiger partial charge in [0.2, 0.25) is 0 Å². The zero-order chi connectivity index (χ0) is 39.3. The van der Waals surface area contributed by atoms with E-state index in [9.17, 15) is 0 Å². The van der Waals surface area contributed by atoms with Crippen molar-refractivity contribution in [1.82, 2.24) is 0 Å². The maximum atomic E-state index is 6.55. The summed E-state index contributed by atoms with van der Waals surface area (Å²) in [4.78, 5) is 2.35. The molecule has 278 valence electrons. The summed E-state index contributed by atoms with van der Waals surface area (Å²) in [6.07, 6.45) is 0. The van der Waals surface area contributed by atoms with Crippen molar-refractivity contribution in [2.45, 2.75) is 6.92 Å². The summed E-state index contributed by atoms with van der Waals surface area (Å²) in [5.41, 5.74) is 15.7. The summed E-state index contributed by atoms with van der Waals surface area (Å²) in [6.45, 7) is 2.11. The molecule has 2 nitrogen and oxygen atoms in total. The largest absolute Gasteiger partial charge is 0.455 e. The topological polar surface area (TPSA) is 16.4 Å². The number of anilines is 3. The Kier molecular flexibility index (Phi) is 8.41. The van der Waals surface area contributed by atoms with Crippen LogP contribution in [-0.4, -0.2) is 0 Å². The first kappa shape index (κ1) is 34.6. The van der Waals surface area contributed by atoms with Crippen LogP contribution in [0.25, 0.3) is 88.0 Å². The minimum Gasteiger partial charge on any atom is -0.455 e. The molecule has 0 aliphatic heterocycles. The Bertz CT molecular complexity index is 3290. The number of para-hydroxylation sites is 2. The number of aryl methyl sites for hydroxylation is 1. The lowest BCUT2D eigenvalue weighted by Gasteiger charge is -2.26. The predicted molar refractivity (Wildman–Crippen MR) is 250 cm³/mol. The Morgan fingerprint density at radius 3 is 1.37 bits per heavy atom. The van der Waals surface area contributed by atoms with Crippen LogP contribution in [0.2, 0.25) is 0 Å². The molecule has 0 amide bonds. The third-order valence-electron chi connectivity index (χ3n) is 11.8. The second-order valence-corrected chi connectivity index (χ2v) is 15.3. The van der Waals surface area contributed by atoms with E-state index in [0.717, 1.165) is 55.7 Å². The van der Waals surface area contributed by atoms with E-state index < -0.39 is 0 Å². The maximum Gasteiger partial charge on any atom is 0.143 e. The van der Waals surface area contributed by atoms with Gasteiger partial charge in [0.25, 0.3) is 0 Å². The summed E-state index contributed by atoms with van der Waals surface area (Å²) in [5, 5.41) is 7.35. The molecule has 59 heavy (non-hydrogen) atoms. The van der Waals surface area contributed by atoms with Crippen molar-refractivity contribution in [2.24, 2.45) is 0 Å². The molecular weight excluding hydrogens is 715 g/mol. The molecule has 0 radical (unpaired) electrons. The quantitative estimate of drug-likeness (QED) is 0.151. The molecule has 11 aromatic rings. The molecule has 0 unspecified atom stereocenters. The number of fused-ring (bicyclic) bond motifs is 6. The van der Waals surface area contributed by atoms with Gasteiger partial charge in [-0.1, -0.05) is 176 Å². The van der Waals surface area contributed by atoms with Gasteiger partial charge in [-0.3, -0.25) is 0 Å². The highest BCUT2D eigenvalue weighted by Crippen LogP contribution is 2.42. The third-order valence-corrected chi connectivity index (χ3v) is 11.8. The van der Waals surface area contributed by atoms with Gasteiger partial charge in [-0.25, -0.2) is 0 Å². The molecule has 0 bridgehead atoms. The van der Waals surface area contributed by atoms with E-state index >= 15 is 0 Å². The molecular formula is C57H39NO. The minimum absolute atomic E-state index is 0.922. The molecule has 1 aromatic heterocycles. The van der Waals surface area contributed by atoms with Gasteiger partial charge < -0.3 is 9.32 Å². The van der Waals surface area contributed by atoms with Crippen molar-refractivity contribution in [3.63, 3.8) is 0 Å². The van der Waals surface area contributed by atoms with Crippen LogP contribution >= 0.6 is 0 Å². The van der Waals surface area contributed by atoms with Crippen LogP contribution in [0.3, 0.4) is 0 Å². The molecule has 10 aromatic carbocycles. The van der Waals surface area contributed by atoms with E-state index in [1.807, 2.05) is 0 Å². The van der Waals surface area contributed by atoms with Crippen LogP contribution in [0.5, 0.6) is 0 Å². The summed E-state index contributed by atoms with van der Waals surface area (Å²) in [6, 6.07) is 78.8. The van der Waals surface area contributed by atoms with Crippen molar-refractivity contribution < 1.29 is 4.42 Å². The number of hydrogen-bond acceptors (Lipinski definition) is 2. The van der Waals surface area contributed by atoms with E-state index in [0.29, 0.717) is 0 Å². The van der Waals surface area contributed by atoms with Crippen molar-refractivity contribution in [1.29, 1.82) is 0 Å². The second-order valence-electron chi connectivity index (χ2n) is 15.3. The van der Waals surface area contributed by atoms with E-state index in [2.05, 4.69) is 230 Å². The molecule has 0 saturated carbocycles. The van der Waals surface area contributed by atoms with E-state index in [1.165, 1.54) is 54.9 Å². The van der Waals surface area contributed by atoms with Crippen molar-refractivity contribution in [2.75, 3.05) is 4.90 Å². The monoisotopic (exact) mass is 753 g/mol. The van der Waals surface area contributed by atoms with Crippen LogP contribution in [0.15, 0.2) is 223 Å². The van der Waals surface area contributed by atoms with Crippen LogP contribution in [-0.2, 0) is 0 Å². The summed E-state index contributed by atoms with van der Waals surface area (Å²) >= 11 is 0. The molecule has 1 heterocycles. The summed E-state index contributed by atoms with van der Waals surface area (Å²) < 4.78 is 6.55. The fourth-order valence-corrected chi connectivity index (χ4v) is 8.80. The predicted octanol–water partition coefficient (Wildman–Crippen LogP) is 16.3. The van der Waals surface area contributed by atoms with Gasteiger partial charge >= 0.3 is 0 Å². The highest BCUT2D eigenvalue weighted by molar-refractivity contribution is 6.14. The highest BCUT2D eigenvalue weighted by atomic mass is 16.3. The first-order chi connectivity index (χ1) is 29.2. The molecule has 2 heteroatoms. The summed E-state index contributed by atoms with van der Waals surface area (Å²) in [7, 11) is 0. The molecule has 0 saturated heterocycles. The van der Waals surface area contributed by atoms with Gasteiger partial charge in [0.05, 0.1) is 0 Å². The maximum absolute atomic E-state index is 6.55. The standard InChI is InChI=1S/C57H39NO/c1-38-11-9-19-53-54-20-10-18-50(57(54)59-56(38)53)43-27-33-47(34-28-43)58(46-31-25-42(26-32-46)41-23-21-40(22-24-41)39-12-3-2-4-13-39)48-35-29-44(30-36-48)55-37-45-14-5-6-15-49(45)51-16-7-8-17-52(51)55/h2-37H,1H3. The van der Waals surface area contributed by atoms with Gasteiger partial charge in [0.1, 0.15) is 11.2 Å². The van der Waals surface area contributed by atoms with Crippen molar-refractivity contribution in [3.8, 4) is 44.5 Å². The molecule has 0 aliphatic rings. The Morgan fingerprint density at radius 1 is 0.305 bits per heavy atom. The molecule has 0 spiro atoms. The van der Waals surface area contributed by atoms with Crippen molar-refractivity contribution >= 4 is 60.5 Å². The number of nitrogens with zero attached hydrogens (tertiary/aromatic N) is 1. The molecule has 0 fully saturated rings. The van der Waals surface area contributed by atoms with Crippen LogP contribution in [0.4, 0.5) is 17.1 Å². The third kappa shape index (κ3) is 6.14. The van der Waals surface area contributed by atoms with Crippen molar-refractivity contribution in [3.05, 3.63) is 224 Å². The van der Waals surface area contributed by atoms with Gasteiger partial charge in [0.15, 0.2) is 0 Å². The average molecular weight is 754 g/mol. The SMILES string of the molecule is Cc1cccc2c1oc1c(-c3ccc(N(c4ccc(-c5ccc(-c6ccccc6)cc5)cc4)c4ccc(-c5cc6ccccc6c6ccccc56)cc4)cc3)cccc12. The van der Waals surface area contributed by atoms with Crippen LogP contribution < -0.4 is 4.90 Å². The average Bonchev–Trinajstić information content (AvgIpc) is 3.70. The fourth-order valence-electron chi connectivity index (χ4n) is 8.80. The second kappa shape index (κ2) is 14.4. The smallest absolute Gasteiger partial charge is 0.143 e. The lowest BCUT2D eigenvalue weighted by atomic mass is 9.93. The fraction of sp³-hybridized carbons (Fsp3) is 0.0175. The first-order valence-corrected chi connectivity index (χ1v) is 20.2. The van der Waals surface area contributed by atoms with E-state index in [4.69, 9.17) is 4.42 Å². The zero-order valence-corrected chi connectivity index (χ0v) is 32.6. The van der Waals surface area contributed by atoms with Gasteiger partial charge in [-0.15, -0.1) is 0 Å². The molecule has 0 atom stereocenters. The Balaban J connectivity index is 0.984. The molecule has 0 N–H and O–H groups in total. The lowest BCUT2D eigenvalue weighted by molar-refractivity contribution is 0.667. The molecule has 0 aliphatic carbocycles. The zero-order valence-electron chi connectivity index (χ0n) is 32.6. The highest BCUT2D eigenvalue weighted by Gasteiger charge is 2.17. The minimum atomic E-state index is 0.922.